The van der Waals surface area contributed by atoms with E-state index >= 15 is 0 Å². The van der Waals surface area contributed by atoms with Gasteiger partial charge in [-0.2, -0.15) is 10.2 Å². The molecule has 1 atom stereocenters. The number of carbonyl (C=O) groups excluding carboxylic acids is 1. The van der Waals surface area contributed by atoms with Crippen LogP contribution in [0.5, 0.6) is 5.75 Å². The summed E-state index contributed by atoms with van der Waals surface area (Å²) in [5.74, 6) is 0.502. The van der Waals surface area contributed by atoms with Crippen molar-refractivity contribution < 1.29 is 9.53 Å². The summed E-state index contributed by atoms with van der Waals surface area (Å²) < 4.78 is 7.71. The van der Waals surface area contributed by atoms with Crippen molar-refractivity contribution in [2.45, 2.75) is 32.9 Å². The lowest BCUT2D eigenvalue weighted by Crippen LogP contribution is -2.38. The predicted octanol–water partition coefficient (Wildman–Crippen LogP) is 1.48. The van der Waals surface area contributed by atoms with Crippen LogP contribution in [0.2, 0.25) is 0 Å². The van der Waals surface area contributed by atoms with Gasteiger partial charge in [0.05, 0.1) is 12.8 Å². The minimum atomic E-state index is -0.362. The van der Waals surface area contributed by atoms with E-state index in [4.69, 9.17) is 4.74 Å². The molecule has 0 saturated carbocycles. The molecule has 1 amide bonds. The SMILES string of the molecule is CC[C@H](C)NC(=O)Cn1ncn2nc(-c3ccc(OC)cc3)cc2c1=O. The van der Waals surface area contributed by atoms with Gasteiger partial charge in [-0.1, -0.05) is 6.92 Å². The number of benzene rings is 1. The average Bonchev–Trinajstić information content (AvgIpc) is 3.09. The number of hydrogen-bond acceptors (Lipinski definition) is 5. The predicted molar refractivity (Wildman–Crippen MR) is 97.1 cm³/mol. The van der Waals surface area contributed by atoms with E-state index in [9.17, 15) is 9.59 Å². The smallest absolute Gasteiger partial charge is 0.293 e. The summed E-state index contributed by atoms with van der Waals surface area (Å²) in [6, 6.07) is 9.14. The highest BCUT2D eigenvalue weighted by Gasteiger charge is 2.13. The Balaban J connectivity index is 1.89. The van der Waals surface area contributed by atoms with Crippen LogP contribution in [0.4, 0.5) is 0 Å². The summed E-state index contributed by atoms with van der Waals surface area (Å²) in [5.41, 5.74) is 1.50. The molecule has 1 N–H and O–H groups in total. The normalized spacial score (nSPS) is 12.1. The number of methoxy groups -OCH3 is 1. The Morgan fingerprint density at radius 3 is 2.69 bits per heavy atom. The van der Waals surface area contributed by atoms with Gasteiger partial charge in [0.25, 0.3) is 5.56 Å². The van der Waals surface area contributed by atoms with Crippen molar-refractivity contribution in [1.29, 1.82) is 0 Å². The maximum atomic E-state index is 12.6. The monoisotopic (exact) mass is 355 g/mol. The van der Waals surface area contributed by atoms with E-state index < -0.39 is 0 Å². The molecule has 136 valence electrons. The molecule has 0 bridgehead atoms. The Kier molecular flexibility index (Phi) is 5.01. The van der Waals surface area contributed by atoms with Gasteiger partial charge in [0.2, 0.25) is 5.91 Å². The minimum absolute atomic E-state index is 0.0542. The first-order valence-corrected chi connectivity index (χ1v) is 8.41. The van der Waals surface area contributed by atoms with Gasteiger partial charge >= 0.3 is 0 Å². The van der Waals surface area contributed by atoms with E-state index in [-0.39, 0.29) is 24.1 Å². The highest BCUT2D eigenvalue weighted by Crippen LogP contribution is 2.21. The number of fused-ring (bicyclic) bond motifs is 1. The molecule has 0 aliphatic rings. The molecular weight excluding hydrogens is 334 g/mol. The number of ether oxygens (including phenoxy) is 1. The van der Waals surface area contributed by atoms with E-state index in [0.29, 0.717) is 11.2 Å². The first-order chi connectivity index (χ1) is 12.5. The van der Waals surface area contributed by atoms with Crippen LogP contribution in [0, 0.1) is 0 Å². The Hall–Kier alpha value is -3.16. The lowest BCUT2D eigenvalue weighted by atomic mass is 10.1. The van der Waals surface area contributed by atoms with Crippen LogP contribution in [-0.4, -0.2) is 38.5 Å². The maximum absolute atomic E-state index is 12.6. The second kappa shape index (κ2) is 7.38. The minimum Gasteiger partial charge on any atom is -0.497 e. The fourth-order valence-corrected chi connectivity index (χ4v) is 2.51. The first kappa shape index (κ1) is 17.7. The summed E-state index contributed by atoms with van der Waals surface area (Å²) in [4.78, 5) is 24.6. The van der Waals surface area contributed by atoms with Crippen LogP contribution in [0.25, 0.3) is 16.8 Å². The standard InChI is InChI=1S/C18H21N5O3/c1-4-12(2)20-17(24)10-22-18(25)16-9-15(21-23(16)11-19-22)13-5-7-14(26-3)8-6-13/h5-9,11-12H,4,10H2,1-3H3,(H,20,24)/t12-/m0/s1. The Labute approximate surface area is 150 Å². The molecule has 0 fully saturated rings. The summed E-state index contributed by atoms with van der Waals surface area (Å²) in [7, 11) is 1.60. The highest BCUT2D eigenvalue weighted by molar-refractivity contribution is 5.76. The molecule has 0 aliphatic heterocycles. The molecule has 1 aromatic carbocycles. The third kappa shape index (κ3) is 3.58. The van der Waals surface area contributed by atoms with Crippen LogP contribution >= 0.6 is 0 Å². The average molecular weight is 355 g/mol. The molecule has 0 spiro atoms. The van der Waals surface area contributed by atoms with E-state index in [0.717, 1.165) is 22.4 Å². The molecule has 3 aromatic rings. The number of nitrogens with zero attached hydrogens (tertiary/aromatic N) is 4. The quantitative estimate of drug-likeness (QED) is 0.723. The van der Waals surface area contributed by atoms with E-state index in [1.807, 2.05) is 38.1 Å². The van der Waals surface area contributed by atoms with Crippen molar-refractivity contribution in [2.75, 3.05) is 7.11 Å². The van der Waals surface area contributed by atoms with E-state index in [2.05, 4.69) is 15.5 Å². The second-order valence-corrected chi connectivity index (χ2v) is 6.06. The number of aromatic nitrogens is 4. The molecule has 0 radical (unpaired) electrons. The van der Waals surface area contributed by atoms with Gasteiger partial charge in [0, 0.05) is 11.6 Å². The van der Waals surface area contributed by atoms with Crippen molar-refractivity contribution in [3.8, 4) is 17.0 Å². The number of amides is 1. The molecule has 2 aromatic heterocycles. The summed E-state index contributed by atoms with van der Waals surface area (Å²) >= 11 is 0. The van der Waals surface area contributed by atoms with Crippen molar-refractivity contribution in [2.24, 2.45) is 0 Å². The second-order valence-electron chi connectivity index (χ2n) is 6.06. The van der Waals surface area contributed by atoms with Gasteiger partial charge in [-0.05, 0) is 43.7 Å². The van der Waals surface area contributed by atoms with Crippen LogP contribution in [0.15, 0.2) is 41.5 Å². The van der Waals surface area contributed by atoms with Crippen molar-refractivity contribution in [1.82, 2.24) is 24.7 Å². The van der Waals surface area contributed by atoms with E-state index in [1.54, 1.807) is 13.2 Å². The fraction of sp³-hybridized carbons (Fsp3) is 0.333. The number of carbonyl (C=O) groups is 1. The summed E-state index contributed by atoms with van der Waals surface area (Å²) in [6.45, 7) is 3.77. The van der Waals surface area contributed by atoms with Gasteiger partial charge in [-0.15, -0.1) is 0 Å². The molecule has 8 heteroatoms. The molecule has 26 heavy (non-hydrogen) atoms. The lowest BCUT2D eigenvalue weighted by Gasteiger charge is -2.11. The summed E-state index contributed by atoms with van der Waals surface area (Å²) in [5, 5.41) is 11.2. The van der Waals surface area contributed by atoms with Crippen LogP contribution in [0.3, 0.4) is 0 Å². The van der Waals surface area contributed by atoms with Gasteiger partial charge in [-0.3, -0.25) is 9.59 Å². The van der Waals surface area contributed by atoms with Crippen molar-refractivity contribution >= 4 is 11.4 Å². The molecular formula is C18H21N5O3. The van der Waals surface area contributed by atoms with Crippen LogP contribution in [-0.2, 0) is 11.3 Å². The lowest BCUT2D eigenvalue weighted by molar-refractivity contribution is -0.122. The molecule has 0 saturated heterocycles. The van der Waals surface area contributed by atoms with E-state index in [1.165, 1.54) is 10.8 Å². The summed E-state index contributed by atoms with van der Waals surface area (Å²) in [6.07, 6.45) is 2.25. The third-order valence-electron chi connectivity index (χ3n) is 4.19. The molecule has 3 rings (SSSR count). The zero-order valence-corrected chi connectivity index (χ0v) is 15.0. The zero-order valence-electron chi connectivity index (χ0n) is 15.0. The zero-order chi connectivity index (χ0) is 18.7. The Bertz CT molecular complexity index is 975. The number of hydrogen-bond donors (Lipinski definition) is 1. The maximum Gasteiger partial charge on any atom is 0.293 e. The van der Waals surface area contributed by atoms with Gasteiger partial charge < -0.3 is 10.1 Å². The molecule has 0 unspecified atom stereocenters. The Morgan fingerprint density at radius 2 is 2.04 bits per heavy atom. The first-order valence-electron chi connectivity index (χ1n) is 8.41. The number of rotatable bonds is 6. The van der Waals surface area contributed by atoms with Crippen LogP contribution in [0.1, 0.15) is 20.3 Å². The van der Waals surface area contributed by atoms with Crippen molar-refractivity contribution in [3.05, 3.63) is 47.0 Å². The van der Waals surface area contributed by atoms with Gasteiger partial charge in [0.1, 0.15) is 24.1 Å². The van der Waals surface area contributed by atoms with Gasteiger partial charge in [0.15, 0.2) is 0 Å². The molecule has 2 heterocycles. The molecule has 0 aliphatic carbocycles. The topological polar surface area (TPSA) is 90.5 Å². The van der Waals surface area contributed by atoms with Gasteiger partial charge in [-0.25, -0.2) is 9.20 Å². The number of nitrogens with one attached hydrogen (secondary N) is 1. The largest absolute Gasteiger partial charge is 0.497 e. The van der Waals surface area contributed by atoms with Crippen LogP contribution < -0.4 is 15.6 Å². The highest BCUT2D eigenvalue weighted by atomic mass is 16.5. The fourth-order valence-electron chi connectivity index (χ4n) is 2.51. The van der Waals surface area contributed by atoms with Crippen molar-refractivity contribution in [3.63, 3.8) is 0 Å². The third-order valence-corrected chi connectivity index (χ3v) is 4.19. The Morgan fingerprint density at radius 1 is 1.31 bits per heavy atom. The molecule has 8 nitrogen and oxygen atoms in total.